The fourth-order valence-electron chi connectivity index (χ4n) is 3.60. The summed E-state index contributed by atoms with van der Waals surface area (Å²) in [5, 5.41) is 13.9. The number of benzene rings is 2. The summed E-state index contributed by atoms with van der Waals surface area (Å²) in [5.41, 5.74) is 1.37. The number of carbonyl (C=O) groups excluding carboxylic acids is 1. The van der Waals surface area contributed by atoms with Crippen LogP contribution in [0.1, 0.15) is 37.1 Å². The second-order valence-corrected chi connectivity index (χ2v) is 8.52. The van der Waals surface area contributed by atoms with Gasteiger partial charge in [-0.25, -0.2) is 14.2 Å². The van der Waals surface area contributed by atoms with E-state index in [-0.39, 0.29) is 25.6 Å². The van der Waals surface area contributed by atoms with E-state index in [0.717, 1.165) is 11.1 Å². The number of amides is 1. The Morgan fingerprint density at radius 2 is 1.88 bits per heavy atom. The highest BCUT2D eigenvalue weighted by Gasteiger charge is 2.43. The first-order valence-corrected chi connectivity index (χ1v) is 10.9. The maximum atomic E-state index is 13.5. The third-order valence-electron chi connectivity index (χ3n) is 6.01. The molecule has 0 bridgehead atoms. The Bertz CT molecular complexity index is 1110. The Balaban J connectivity index is 1.64. The van der Waals surface area contributed by atoms with Gasteiger partial charge in [0.15, 0.2) is 0 Å². The zero-order valence-corrected chi connectivity index (χ0v) is 18.7. The molecule has 172 valence electrons. The molecule has 6 nitrogen and oxygen atoms in total. The molecule has 2 N–H and O–H groups in total. The molecule has 0 radical (unpaired) electrons. The molecule has 0 aliphatic carbocycles. The molecule has 1 atom stereocenters. The number of rotatable bonds is 7. The molecule has 4 rings (SSSR count). The third kappa shape index (κ3) is 5.05. The van der Waals surface area contributed by atoms with Crippen molar-refractivity contribution >= 4 is 6.09 Å². The van der Waals surface area contributed by atoms with E-state index in [2.05, 4.69) is 10.3 Å². The average Bonchev–Trinajstić information content (AvgIpc) is 2.81. The van der Waals surface area contributed by atoms with Gasteiger partial charge in [-0.2, -0.15) is 0 Å². The van der Waals surface area contributed by atoms with E-state index < -0.39 is 17.2 Å². The van der Waals surface area contributed by atoms with Gasteiger partial charge in [-0.3, -0.25) is 0 Å². The van der Waals surface area contributed by atoms with Crippen molar-refractivity contribution in [1.29, 1.82) is 0 Å². The Kier molecular flexibility index (Phi) is 6.44. The highest BCUT2D eigenvalue weighted by molar-refractivity contribution is 5.70. The summed E-state index contributed by atoms with van der Waals surface area (Å²) in [6, 6.07) is 19.0. The van der Waals surface area contributed by atoms with Gasteiger partial charge in [-0.1, -0.05) is 37.3 Å². The van der Waals surface area contributed by atoms with Gasteiger partial charge in [0.2, 0.25) is 0 Å². The molecule has 1 aliphatic heterocycles. The first kappa shape index (κ1) is 22.9. The van der Waals surface area contributed by atoms with Crippen molar-refractivity contribution in [2.24, 2.45) is 0 Å². The summed E-state index contributed by atoms with van der Waals surface area (Å²) in [4.78, 5) is 17.3. The van der Waals surface area contributed by atoms with Crippen LogP contribution in [0.5, 0.6) is 0 Å². The monoisotopic (exact) mass is 450 g/mol. The van der Waals surface area contributed by atoms with E-state index in [0.29, 0.717) is 23.4 Å². The topological polar surface area (TPSA) is 80.7 Å². The molecule has 33 heavy (non-hydrogen) atoms. The minimum Gasteiger partial charge on any atom is -0.445 e. The smallest absolute Gasteiger partial charge is 0.408 e. The van der Waals surface area contributed by atoms with Crippen LogP contribution in [0.4, 0.5) is 9.18 Å². The van der Waals surface area contributed by atoms with Crippen LogP contribution in [-0.2, 0) is 27.2 Å². The number of hydrogen-bond donors (Lipinski definition) is 2. The van der Waals surface area contributed by atoms with Crippen LogP contribution in [0.3, 0.4) is 0 Å². The molecule has 0 saturated carbocycles. The van der Waals surface area contributed by atoms with Gasteiger partial charge in [-0.15, -0.1) is 0 Å². The number of pyridine rings is 1. The molecular weight excluding hydrogens is 423 g/mol. The molecule has 1 fully saturated rings. The lowest BCUT2D eigenvalue weighted by Gasteiger charge is -2.42. The van der Waals surface area contributed by atoms with Crippen LogP contribution in [0.15, 0.2) is 66.7 Å². The average molecular weight is 451 g/mol. The van der Waals surface area contributed by atoms with E-state index in [1.165, 1.54) is 12.1 Å². The minimum absolute atomic E-state index is 0.149. The quantitative estimate of drug-likeness (QED) is 0.547. The molecule has 1 aliphatic rings. The second-order valence-electron chi connectivity index (χ2n) is 8.52. The van der Waals surface area contributed by atoms with Gasteiger partial charge in [0.05, 0.1) is 24.6 Å². The maximum Gasteiger partial charge on any atom is 0.408 e. The van der Waals surface area contributed by atoms with Gasteiger partial charge in [0.1, 0.15) is 23.6 Å². The van der Waals surface area contributed by atoms with Crippen molar-refractivity contribution in [1.82, 2.24) is 10.3 Å². The largest absolute Gasteiger partial charge is 0.445 e. The zero-order chi connectivity index (χ0) is 23.5. The van der Waals surface area contributed by atoms with Crippen LogP contribution in [-0.4, -0.2) is 29.4 Å². The van der Waals surface area contributed by atoms with Gasteiger partial charge in [0, 0.05) is 5.56 Å². The molecule has 2 aromatic carbocycles. The summed E-state index contributed by atoms with van der Waals surface area (Å²) in [5.74, 6) is -0.345. The number of carbonyl (C=O) groups is 1. The molecule has 1 aromatic heterocycles. The zero-order valence-electron chi connectivity index (χ0n) is 18.7. The number of halogens is 1. The number of nitrogens with one attached hydrogen (secondary N) is 1. The Morgan fingerprint density at radius 3 is 2.48 bits per heavy atom. The Morgan fingerprint density at radius 1 is 1.18 bits per heavy atom. The normalized spacial score (nSPS) is 16.4. The van der Waals surface area contributed by atoms with Crippen LogP contribution >= 0.6 is 0 Å². The van der Waals surface area contributed by atoms with E-state index in [1.807, 2.05) is 43.3 Å². The van der Waals surface area contributed by atoms with Crippen molar-refractivity contribution in [2.75, 3.05) is 13.2 Å². The number of ether oxygens (including phenoxy) is 2. The molecule has 1 amide bonds. The predicted octanol–water partition coefficient (Wildman–Crippen LogP) is 4.66. The van der Waals surface area contributed by atoms with Crippen molar-refractivity contribution in [2.45, 2.75) is 38.0 Å². The van der Waals surface area contributed by atoms with E-state index >= 15 is 0 Å². The van der Waals surface area contributed by atoms with Crippen molar-refractivity contribution in [3.05, 3.63) is 89.4 Å². The fourth-order valence-corrected chi connectivity index (χ4v) is 3.60. The van der Waals surface area contributed by atoms with E-state index in [9.17, 15) is 14.3 Å². The Hall–Kier alpha value is -3.29. The van der Waals surface area contributed by atoms with Crippen LogP contribution < -0.4 is 5.32 Å². The Labute approximate surface area is 192 Å². The standard InChI is InChI=1S/C26H27FN2O4/c1-3-25(2,31)23-14-20(13-22(28-23)19-9-11-21(27)12-10-19)26(16-32-17-26)29-24(30)33-15-18-7-5-4-6-8-18/h4-14,31H,3,15-17H2,1-2H3,(H,29,30). The highest BCUT2D eigenvalue weighted by atomic mass is 19.1. The molecule has 1 unspecified atom stereocenters. The van der Waals surface area contributed by atoms with Gasteiger partial charge < -0.3 is 19.9 Å². The molecule has 2 heterocycles. The third-order valence-corrected chi connectivity index (χ3v) is 6.01. The van der Waals surface area contributed by atoms with Crippen LogP contribution in [0, 0.1) is 5.82 Å². The summed E-state index contributed by atoms with van der Waals surface area (Å²) in [6.07, 6.45) is -0.117. The number of aliphatic hydroxyl groups is 1. The summed E-state index contributed by atoms with van der Waals surface area (Å²) in [6.45, 7) is 4.23. The molecule has 7 heteroatoms. The van der Waals surface area contributed by atoms with Gasteiger partial charge in [-0.05, 0) is 60.9 Å². The van der Waals surface area contributed by atoms with Crippen LogP contribution in [0.25, 0.3) is 11.3 Å². The number of nitrogens with zero attached hydrogens (tertiary/aromatic N) is 1. The van der Waals surface area contributed by atoms with E-state index in [4.69, 9.17) is 9.47 Å². The second kappa shape index (κ2) is 9.29. The van der Waals surface area contributed by atoms with Gasteiger partial charge in [0.25, 0.3) is 0 Å². The maximum absolute atomic E-state index is 13.5. The molecule has 1 saturated heterocycles. The lowest BCUT2D eigenvalue weighted by atomic mass is 9.85. The highest BCUT2D eigenvalue weighted by Crippen LogP contribution is 2.35. The summed E-state index contributed by atoms with van der Waals surface area (Å²) in [7, 11) is 0. The number of alkyl carbamates (subject to hydrolysis) is 1. The van der Waals surface area contributed by atoms with Crippen LogP contribution in [0.2, 0.25) is 0 Å². The number of hydrogen-bond acceptors (Lipinski definition) is 5. The molecule has 3 aromatic rings. The van der Waals surface area contributed by atoms with Crippen molar-refractivity contribution < 1.29 is 23.8 Å². The first-order valence-electron chi connectivity index (χ1n) is 10.9. The lowest BCUT2D eigenvalue weighted by molar-refractivity contribution is -0.0764. The summed E-state index contributed by atoms with van der Waals surface area (Å²) < 4.78 is 24.3. The lowest BCUT2D eigenvalue weighted by Crippen LogP contribution is -2.59. The predicted molar refractivity (Wildman–Crippen MR) is 122 cm³/mol. The number of aromatic nitrogens is 1. The van der Waals surface area contributed by atoms with Crippen molar-refractivity contribution in [3.8, 4) is 11.3 Å². The first-order chi connectivity index (χ1) is 15.8. The van der Waals surface area contributed by atoms with Crippen molar-refractivity contribution in [3.63, 3.8) is 0 Å². The summed E-state index contributed by atoms with van der Waals surface area (Å²) >= 11 is 0. The SMILES string of the molecule is CCC(C)(O)c1cc(C2(NC(=O)OCc3ccccc3)COC2)cc(-c2ccc(F)cc2)n1. The molecule has 0 spiro atoms. The van der Waals surface area contributed by atoms with Gasteiger partial charge >= 0.3 is 6.09 Å². The fraction of sp³-hybridized carbons (Fsp3) is 0.308. The molecular formula is C26H27FN2O4. The van der Waals surface area contributed by atoms with E-state index in [1.54, 1.807) is 25.1 Å². The minimum atomic E-state index is -1.18.